The van der Waals surface area contributed by atoms with Crippen molar-refractivity contribution in [3.8, 4) is 0 Å². The minimum absolute atomic E-state index is 0.278. The van der Waals surface area contributed by atoms with Gasteiger partial charge in [0.15, 0.2) is 0 Å². The van der Waals surface area contributed by atoms with Crippen molar-refractivity contribution in [2.24, 2.45) is 11.7 Å². The van der Waals surface area contributed by atoms with Gasteiger partial charge in [-0.2, -0.15) is 0 Å². The fraction of sp³-hybridized carbons (Fsp3) is 0.235. The second-order valence-electron chi connectivity index (χ2n) is 10.5. The molecule has 1 aliphatic carbocycles. The third-order valence-electron chi connectivity index (χ3n) is 8.39. The van der Waals surface area contributed by atoms with Crippen molar-refractivity contribution in [2.45, 2.75) is 45.1 Å². The van der Waals surface area contributed by atoms with Crippen LogP contribution in [0.4, 0.5) is 0 Å². The number of hydrogen-bond donors (Lipinski definition) is 3. The summed E-state index contributed by atoms with van der Waals surface area (Å²) in [5.41, 5.74) is 14.7. The molecule has 2 atom stereocenters. The van der Waals surface area contributed by atoms with E-state index in [-0.39, 0.29) is 11.3 Å². The van der Waals surface area contributed by atoms with Crippen LogP contribution in [0, 0.1) is 5.92 Å². The highest BCUT2D eigenvalue weighted by atomic mass is 32.2. The minimum Gasteiger partial charge on any atom is -0.403 e. The molecule has 3 aliphatic heterocycles. The first-order valence-electron chi connectivity index (χ1n) is 13.9. The van der Waals surface area contributed by atoms with E-state index in [4.69, 9.17) is 5.73 Å². The monoisotopic (exact) mass is 547 g/mol. The average molecular weight is 548 g/mol. The van der Waals surface area contributed by atoms with Crippen LogP contribution < -0.4 is 16.4 Å². The number of rotatable bonds is 4. The van der Waals surface area contributed by atoms with E-state index in [1.54, 1.807) is 6.20 Å². The van der Waals surface area contributed by atoms with Crippen molar-refractivity contribution in [2.75, 3.05) is 13.1 Å². The van der Waals surface area contributed by atoms with Gasteiger partial charge in [0.1, 0.15) is 0 Å². The van der Waals surface area contributed by atoms with Crippen molar-refractivity contribution < 1.29 is 0 Å². The van der Waals surface area contributed by atoms with E-state index >= 15 is 0 Å². The summed E-state index contributed by atoms with van der Waals surface area (Å²) in [4.78, 5) is 4.04. The van der Waals surface area contributed by atoms with Crippen molar-refractivity contribution in [1.82, 2.24) is 10.6 Å². The molecule has 0 amide bonds. The molecule has 2 unspecified atom stereocenters. The van der Waals surface area contributed by atoms with Crippen molar-refractivity contribution >= 4 is 29.2 Å². The molecule has 0 saturated carbocycles. The lowest BCUT2D eigenvalue weighted by Crippen LogP contribution is -2.47. The van der Waals surface area contributed by atoms with Crippen LogP contribution in [-0.4, -0.2) is 18.3 Å². The lowest BCUT2D eigenvalue weighted by atomic mass is 9.59. The molecule has 4 N–H and O–H groups in total. The Labute approximate surface area is 239 Å². The van der Waals surface area contributed by atoms with Gasteiger partial charge in [-0.05, 0) is 60.2 Å². The molecule has 5 heteroatoms. The average Bonchev–Trinajstić information content (AvgIpc) is 2.99. The summed E-state index contributed by atoms with van der Waals surface area (Å²) >= 11 is 3.91. The normalized spacial score (nSPS) is 22.4. The van der Waals surface area contributed by atoms with Gasteiger partial charge in [-0.25, -0.2) is 0 Å². The van der Waals surface area contributed by atoms with Crippen LogP contribution in [0.5, 0.6) is 0 Å². The second kappa shape index (κ2) is 10.0. The molecule has 3 heterocycles. The van der Waals surface area contributed by atoms with Gasteiger partial charge >= 0.3 is 0 Å². The van der Waals surface area contributed by atoms with E-state index in [2.05, 4.69) is 109 Å². The summed E-state index contributed by atoms with van der Waals surface area (Å²) < 4.78 is 0. The Balaban J connectivity index is 1.49. The maximum atomic E-state index is 6.07. The molecular formula is C34H33N3S2. The number of nitrogens with one attached hydrogen (secondary N) is 2. The third kappa shape index (κ3) is 3.89. The largest absolute Gasteiger partial charge is 0.403 e. The SMILES string of the molecule is CCN/C(=C\N)c1ccc2c(c1)SC1C=C(C3=CCCCN3)C=CC1C21c2ccccc2Sc2ccccc21. The molecule has 3 aromatic rings. The van der Waals surface area contributed by atoms with Gasteiger partial charge in [0.2, 0.25) is 0 Å². The fourth-order valence-electron chi connectivity index (χ4n) is 6.76. The quantitative estimate of drug-likeness (QED) is 0.322. The molecule has 0 radical (unpaired) electrons. The summed E-state index contributed by atoms with van der Waals surface area (Å²) in [7, 11) is 0. The number of fused-ring (bicyclic) bond motifs is 8. The van der Waals surface area contributed by atoms with Crippen LogP contribution in [0.3, 0.4) is 0 Å². The van der Waals surface area contributed by atoms with E-state index in [9.17, 15) is 0 Å². The lowest BCUT2D eigenvalue weighted by molar-refractivity contribution is 0.424. The van der Waals surface area contributed by atoms with Gasteiger partial charge in [0, 0.05) is 56.4 Å². The lowest BCUT2D eigenvalue weighted by Gasteiger charge is -2.52. The summed E-state index contributed by atoms with van der Waals surface area (Å²) in [6.07, 6.45) is 13.8. The zero-order chi connectivity index (χ0) is 26.4. The third-order valence-corrected chi connectivity index (χ3v) is 10.8. The first-order valence-corrected chi connectivity index (χ1v) is 15.6. The van der Waals surface area contributed by atoms with E-state index in [0.29, 0.717) is 5.25 Å². The Morgan fingerprint density at radius 1 is 1.03 bits per heavy atom. The van der Waals surface area contributed by atoms with E-state index in [1.807, 2.05) is 23.5 Å². The van der Waals surface area contributed by atoms with Crippen LogP contribution in [-0.2, 0) is 5.41 Å². The predicted molar refractivity (Wildman–Crippen MR) is 165 cm³/mol. The van der Waals surface area contributed by atoms with Crippen LogP contribution in [0.2, 0.25) is 0 Å². The van der Waals surface area contributed by atoms with Crippen molar-refractivity contribution in [3.05, 3.63) is 131 Å². The molecule has 4 aliphatic rings. The Morgan fingerprint density at radius 2 is 1.77 bits per heavy atom. The number of thioether (sulfide) groups is 1. The minimum atomic E-state index is -0.278. The van der Waals surface area contributed by atoms with E-state index in [1.165, 1.54) is 49.1 Å². The zero-order valence-electron chi connectivity index (χ0n) is 22.1. The standard InChI is InChI=1S/C34H33N3S2/c1-2-36-29(21-35)23-15-17-27-33(20-23)39-32-19-22(28-11-7-8-18-37-28)14-16-26(32)34(27)24-9-3-5-12-30(24)38-31-13-6-4-10-25(31)34/h3-6,9-17,19-21,26,32,36-37H,2,7-8,18,35H2,1H3/b29-21-. The Morgan fingerprint density at radius 3 is 2.46 bits per heavy atom. The zero-order valence-corrected chi connectivity index (χ0v) is 23.7. The smallest absolute Gasteiger partial charge is 0.0571 e. The summed E-state index contributed by atoms with van der Waals surface area (Å²) in [5, 5.41) is 7.40. The highest BCUT2D eigenvalue weighted by Crippen LogP contribution is 2.63. The molecule has 3 aromatic carbocycles. The Bertz CT molecular complexity index is 1520. The second-order valence-corrected chi connectivity index (χ2v) is 12.8. The summed E-state index contributed by atoms with van der Waals surface area (Å²) in [6, 6.07) is 25.1. The first kappa shape index (κ1) is 24.7. The van der Waals surface area contributed by atoms with Gasteiger partial charge in [-0.1, -0.05) is 84.6 Å². The summed E-state index contributed by atoms with van der Waals surface area (Å²) in [6.45, 7) is 3.99. The number of allylic oxidation sites excluding steroid dienone is 3. The molecule has 0 aromatic heterocycles. The first-order chi connectivity index (χ1) is 19.2. The molecule has 0 bridgehead atoms. The van der Waals surface area contributed by atoms with Crippen LogP contribution in [0.1, 0.15) is 42.0 Å². The molecular weight excluding hydrogens is 515 g/mol. The molecule has 7 rings (SSSR count). The maximum absolute atomic E-state index is 6.07. The topological polar surface area (TPSA) is 50.1 Å². The number of benzene rings is 3. The highest BCUT2D eigenvalue weighted by molar-refractivity contribution is 8.00. The van der Waals surface area contributed by atoms with Gasteiger partial charge in [0.05, 0.1) is 11.1 Å². The van der Waals surface area contributed by atoms with Gasteiger partial charge < -0.3 is 16.4 Å². The molecule has 196 valence electrons. The summed E-state index contributed by atoms with van der Waals surface area (Å²) in [5.74, 6) is 0.287. The van der Waals surface area contributed by atoms with Gasteiger partial charge in [-0.3, -0.25) is 0 Å². The molecule has 0 fully saturated rings. The Hall–Kier alpha value is -3.28. The van der Waals surface area contributed by atoms with Gasteiger partial charge in [-0.15, -0.1) is 11.8 Å². The highest BCUT2D eigenvalue weighted by Gasteiger charge is 2.54. The number of nitrogens with two attached hydrogens (primary N) is 1. The van der Waals surface area contributed by atoms with E-state index in [0.717, 1.165) is 30.8 Å². The molecule has 1 spiro atoms. The van der Waals surface area contributed by atoms with Crippen molar-refractivity contribution in [1.29, 1.82) is 0 Å². The molecule has 3 nitrogen and oxygen atoms in total. The fourth-order valence-corrected chi connectivity index (χ4v) is 9.47. The Kier molecular flexibility index (Phi) is 6.37. The van der Waals surface area contributed by atoms with E-state index < -0.39 is 0 Å². The molecule has 39 heavy (non-hydrogen) atoms. The van der Waals surface area contributed by atoms with Crippen molar-refractivity contribution in [3.63, 3.8) is 0 Å². The molecule has 0 saturated heterocycles. The van der Waals surface area contributed by atoms with Gasteiger partial charge in [0.25, 0.3) is 0 Å². The number of hydrogen-bond acceptors (Lipinski definition) is 5. The van der Waals surface area contributed by atoms with Crippen LogP contribution in [0.25, 0.3) is 5.70 Å². The van der Waals surface area contributed by atoms with Crippen LogP contribution >= 0.6 is 23.5 Å². The maximum Gasteiger partial charge on any atom is 0.0571 e. The predicted octanol–water partition coefficient (Wildman–Crippen LogP) is 7.21. The van der Waals surface area contributed by atoms with Crippen LogP contribution in [0.15, 0.2) is 123 Å².